The molecule has 0 heterocycles. The summed E-state index contributed by atoms with van der Waals surface area (Å²) >= 11 is 0. The van der Waals surface area contributed by atoms with Crippen molar-refractivity contribution in [3.63, 3.8) is 0 Å². The van der Waals surface area contributed by atoms with Crippen molar-refractivity contribution in [3.8, 4) is 0 Å². The number of rotatable bonds is 3. The molecule has 0 fully saturated rings. The molecule has 52 valence electrons. The van der Waals surface area contributed by atoms with Crippen LogP contribution in [0.15, 0.2) is 0 Å². The molecule has 0 atom stereocenters. The van der Waals surface area contributed by atoms with E-state index in [9.17, 15) is 9.59 Å². The molecule has 0 aromatic heterocycles. The SMILES string of the molecule is CCNC(=O)C(=O)CN. The summed E-state index contributed by atoms with van der Waals surface area (Å²) in [5, 5.41) is 2.33. The molecule has 1 amide bonds. The Kier molecular flexibility index (Phi) is 3.62. The maximum atomic E-state index is 10.4. The number of likely N-dealkylation sites (N-methyl/N-ethyl adjacent to an activating group) is 1. The number of Topliss-reactive ketones (excluding diaryl/α,β-unsaturated/α-hetero) is 1. The van der Waals surface area contributed by atoms with E-state index in [4.69, 9.17) is 5.73 Å². The van der Waals surface area contributed by atoms with Crippen molar-refractivity contribution in [2.75, 3.05) is 13.1 Å². The molecule has 3 N–H and O–H groups in total. The van der Waals surface area contributed by atoms with Crippen LogP contribution in [-0.2, 0) is 9.59 Å². The number of nitrogens with one attached hydrogen (secondary N) is 1. The fraction of sp³-hybridized carbons (Fsp3) is 0.600. The van der Waals surface area contributed by atoms with Crippen LogP contribution in [0.4, 0.5) is 0 Å². The summed E-state index contributed by atoms with van der Waals surface area (Å²) in [4.78, 5) is 20.8. The van der Waals surface area contributed by atoms with Gasteiger partial charge in [0.2, 0.25) is 5.78 Å². The van der Waals surface area contributed by atoms with E-state index in [1.807, 2.05) is 0 Å². The van der Waals surface area contributed by atoms with Crippen molar-refractivity contribution in [1.29, 1.82) is 0 Å². The van der Waals surface area contributed by atoms with Crippen LogP contribution in [0, 0.1) is 0 Å². The van der Waals surface area contributed by atoms with E-state index in [1.165, 1.54) is 0 Å². The Morgan fingerprint density at radius 3 is 2.44 bits per heavy atom. The van der Waals surface area contributed by atoms with E-state index < -0.39 is 11.7 Å². The van der Waals surface area contributed by atoms with E-state index in [1.54, 1.807) is 6.92 Å². The van der Waals surface area contributed by atoms with Crippen LogP contribution in [0.2, 0.25) is 0 Å². The number of amides is 1. The molecule has 0 saturated carbocycles. The molecule has 0 aliphatic rings. The molecule has 0 aliphatic heterocycles. The summed E-state index contributed by atoms with van der Waals surface area (Å²) in [6.45, 7) is 1.98. The monoisotopic (exact) mass is 130 g/mol. The molecule has 0 bridgehead atoms. The lowest BCUT2D eigenvalue weighted by Gasteiger charge is -1.95. The number of ketones is 1. The Labute approximate surface area is 53.4 Å². The average Bonchev–Trinajstić information content (AvgIpc) is 1.87. The van der Waals surface area contributed by atoms with Crippen molar-refractivity contribution >= 4 is 11.7 Å². The number of hydrogen-bond acceptors (Lipinski definition) is 3. The third-order valence-electron chi connectivity index (χ3n) is 0.776. The molecular weight excluding hydrogens is 120 g/mol. The zero-order valence-electron chi connectivity index (χ0n) is 5.31. The lowest BCUT2D eigenvalue weighted by atomic mass is 10.4. The maximum absolute atomic E-state index is 10.4. The van der Waals surface area contributed by atoms with Crippen LogP contribution < -0.4 is 11.1 Å². The predicted octanol–water partition coefficient (Wildman–Crippen LogP) is -1.35. The van der Waals surface area contributed by atoms with Crippen LogP contribution in [0.25, 0.3) is 0 Å². The van der Waals surface area contributed by atoms with Gasteiger partial charge in [0.1, 0.15) is 0 Å². The first-order valence-electron chi connectivity index (χ1n) is 2.73. The van der Waals surface area contributed by atoms with Gasteiger partial charge in [-0.05, 0) is 6.92 Å². The second kappa shape index (κ2) is 4.03. The lowest BCUT2D eigenvalue weighted by molar-refractivity contribution is -0.137. The summed E-state index contributed by atoms with van der Waals surface area (Å²) in [6, 6.07) is 0. The summed E-state index contributed by atoms with van der Waals surface area (Å²) in [5.74, 6) is -1.17. The van der Waals surface area contributed by atoms with Crippen molar-refractivity contribution < 1.29 is 9.59 Å². The van der Waals surface area contributed by atoms with E-state index >= 15 is 0 Å². The topological polar surface area (TPSA) is 72.2 Å². The highest BCUT2D eigenvalue weighted by Crippen LogP contribution is 1.66. The normalized spacial score (nSPS) is 8.67. The van der Waals surface area contributed by atoms with Gasteiger partial charge < -0.3 is 11.1 Å². The second-order valence-electron chi connectivity index (χ2n) is 1.49. The van der Waals surface area contributed by atoms with Gasteiger partial charge in [0, 0.05) is 6.54 Å². The predicted molar refractivity (Wildman–Crippen MR) is 32.7 cm³/mol. The van der Waals surface area contributed by atoms with Gasteiger partial charge in [0.05, 0.1) is 6.54 Å². The minimum atomic E-state index is -0.597. The lowest BCUT2D eigenvalue weighted by Crippen LogP contribution is -2.34. The zero-order valence-corrected chi connectivity index (χ0v) is 5.31. The van der Waals surface area contributed by atoms with E-state index in [0.717, 1.165) is 0 Å². The van der Waals surface area contributed by atoms with Gasteiger partial charge in [0.15, 0.2) is 0 Å². The molecule has 0 radical (unpaired) electrons. The minimum Gasteiger partial charge on any atom is -0.350 e. The summed E-state index contributed by atoms with van der Waals surface area (Å²) in [6.07, 6.45) is 0. The molecule has 0 aliphatic carbocycles. The fourth-order valence-electron chi connectivity index (χ4n) is 0.352. The first kappa shape index (κ1) is 8.10. The van der Waals surface area contributed by atoms with Crippen LogP contribution in [0.5, 0.6) is 0 Å². The first-order chi connectivity index (χ1) is 4.22. The molecule has 0 saturated heterocycles. The van der Waals surface area contributed by atoms with E-state index in [2.05, 4.69) is 5.32 Å². The molecule has 0 unspecified atom stereocenters. The van der Waals surface area contributed by atoms with Crippen molar-refractivity contribution in [1.82, 2.24) is 5.32 Å². The van der Waals surface area contributed by atoms with Gasteiger partial charge in [0.25, 0.3) is 5.91 Å². The van der Waals surface area contributed by atoms with Gasteiger partial charge in [-0.2, -0.15) is 0 Å². The molecule has 4 heteroatoms. The van der Waals surface area contributed by atoms with Crippen molar-refractivity contribution in [2.45, 2.75) is 6.92 Å². The fourth-order valence-corrected chi connectivity index (χ4v) is 0.352. The second-order valence-corrected chi connectivity index (χ2v) is 1.49. The average molecular weight is 130 g/mol. The molecule has 0 aromatic rings. The Balaban J connectivity index is 3.60. The highest BCUT2D eigenvalue weighted by atomic mass is 16.2. The van der Waals surface area contributed by atoms with Gasteiger partial charge in [-0.25, -0.2) is 0 Å². The molecule has 0 spiro atoms. The summed E-state index contributed by atoms with van der Waals surface area (Å²) < 4.78 is 0. The smallest absolute Gasteiger partial charge is 0.288 e. The van der Waals surface area contributed by atoms with Crippen LogP contribution >= 0.6 is 0 Å². The van der Waals surface area contributed by atoms with Crippen molar-refractivity contribution in [3.05, 3.63) is 0 Å². The third kappa shape index (κ3) is 2.81. The number of nitrogens with two attached hydrogens (primary N) is 1. The number of carbonyl (C=O) groups is 2. The molecule has 9 heavy (non-hydrogen) atoms. The van der Waals surface area contributed by atoms with Gasteiger partial charge in [-0.1, -0.05) is 0 Å². The molecule has 4 nitrogen and oxygen atoms in total. The van der Waals surface area contributed by atoms with Crippen LogP contribution in [-0.4, -0.2) is 24.8 Å². The highest BCUT2D eigenvalue weighted by Gasteiger charge is 2.07. The number of hydrogen-bond donors (Lipinski definition) is 2. The van der Waals surface area contributed by atoms with Gasteiger partial charge >= 0.3 is 0 Å². The van der Waals surface area contributed by atoms with E-state index in [-0.39, 0.29) is 6.54 Å². The maximum Gasteiger partial charge on any atom is 0.288 e. The molecule has 0 aromatic carbocycles. The standard InChI is InChI=1S/C5H10N2O2/c1-2-7-5(9)4(8)3-6/h2-3,6H2,1H3,(H,7,9). The molecule has 0 rings (SSSR count). The zero-order chi connectivity index (χ0) is 7.28. The van der Waals surface area contributed by atoms with Crippen LogP contribution in [0.3, 0.4) is 0 Å². The van der Waals surface area contributed by atoms with Crippen molar-refractivity contribution in [2.24, 2.45) is 5.73 Å². The highest BCUT2D eigenvalue weighted by molar-refractivity contribution is 6.36. The third-order valence-corrected chi connectivity index (χ3v) is 0.776. The quantitative estimate of drug-likeness (QED) is 0.464. The van der Waals surface area contributed by atoms with Gasteiger partial charge in [-0.3, -0.25) is 9.59 Å². The largest absolute Gasteiger partial charge is 0.350 e. The minimum absolute atomic E-state index is 0.216. The summed E-state index contributed by atoms with van der Waals surface area (Å²) in [7, 11) is 0. The Hall–Kier alpha value is -0.900. The Morgan fingerprint density at radius 2 is 2.11 bits per heavy atom. The summed E-state index contributed by atoms with van der Waals surface area (Å²) in [5.41, 5.74) is 4.89. The Bertz CT molecular complexity index is 122. The van der Waals surface area contributed by atoms with E-state index in [0.29, 0.717) is 6.54 Å². The first-order valence-corrected chi connectivity index (χ1v) is 2.73. The molecular formula is C5H10N2O2. The Morgan fingerprint density at radius 1 is 1.56 bits per heavy atom. The van der Waals surface area contributed by atoms with Crippen LogP contribution in [0.1, 0.15) is 6.92 Å². The number of carbonyl (C=O) groups excluding carboxylic acids is 2. The van der Waals surface area contributed by atoms with Gasteiger partial charge in [-0.15, -0.1) is 0 Å².